The van der Waals surface area contributed by atoms with Crippen LogP contribution in [0.2, 0.25) is 0 Å². The first kappa shape index (κ1) is 12.1. The van der Waals surface area contributed by atoms with E-state index in [2.05, 4.69) is 22.4 Å². The molecule has 0 aliphatic heterocycles. The zero-order valence-electron chi connectivity index (χ0n) is 10.5. The highest BCUT2D eigenvalue weighted by molar-refractivity contribution is 7.18. The van der Waals surface area contributed by atoms with Crippen LogP contribution in [0.3, 0.4) is 0 Å². The molecule has 0 fully saturated rings. The number of nitrogen functional groups attached to an aromatic ring is 1. The van der Waals surface area contributed by atoms with Gasteiger partial charge >= 0.3 is 0 Å². The summed E-state index contributed by atoms with van der Waals surface area (Å²) >= 11 is 1.74. The van der Waals surface area contributed by atoms with Gasteiger partial charge in [0.05, 0.1) is 10.2 Å². The summed E-state index contributed by atoms with van der Waals surface area (Å²) in [6.07, 6.45) is 0. The molecule has 0 amide bonds. The van der Waals surface area contributed by atoms with Crippen LogP contribution in [0.4, 0.5) is 5.69 Å². The van der Waals surface area contributed by atoms with Crippen molar-refractivity contribution in [1.29, 1.82) is 0 Å². The molecule has 4 heteroatoms. The maximum Gasteiger partial charge on any atom is 0.108 e. The predicted molar refractivity (Wildman–Crippen MR) is 81.0 cm³/mol. The molecule has 0 aliphatic carbocycles. The number of fused-ring (bicyclic) bond motifs is 1. The van der Waals surface area contributed by atoms with Gasteiger partial charge in [0.1, 0.15) is 5.01 Å². The predicted octanol–water partition coefficient (Wildman–Crippen LogP) is 3.17. The molecule has 0 radical (unpaired) electrons. The van der Waals surface area contributed by atoms with Crippen molar-refractivity contribution in [3.63, 3.8) is 0 Å². The number of nitrogens with zero attached hydrogens (tertiary/aromatic N) is 1. The normalized spacial score (nSPS) is 10.9. The van der Waals surface area contributed by atoms with Gasteiger partial charge in [-0.3, -0.25) is 0 Å². The minimum Gasteiger partial charge on any atom is -0.399 e. The van der Waals surface area contributed by atoms with E-state index < -0.39 is 0 Å². The third-order valence-corrected chi connectivity index (χ3v) is 3.93. The van der Waals surface area contributed by atoms with Gasteiger partial charge < -0.3 is 11.1 Å². The molecule has 3 aromatic rings. The van der Waals surface area contributed by atoms with Gasteiger partial charge in [-0.25, -0.2) is 4.98 Å². The summed E-state index contributed by atoms with van der Waals surface area (Å²) in [7, 11) is 0. The van der Waals surface area contributed by atoms with E-state index in [4.69, 9.17) is 5.73 Å². The number of para-hydroxylation sites is 1. The van der Waals surface area contributed by atoms with E-state index >= 15 is 0 Å². The number of benzene rings is 2. The van der Waals surface area contributed by atoms with Gasteiger partial charge in [0.2, 0.25) is 0 Å². The van der Waals surface area contributed by atoms with Crippen LogP contribution in [0.25, 0.3) is 10.2 Å². The van der Waals surface area contributed by atoms with Crippen molar-refractivity contribution in [2.24, 2.45) is 0 Å². The molecule has 0 atom stereocenters. The lowest BCUT2D eigenvalue weighted by Crippen LogP contribution is -2.12. The lowest BCUT2D eigenvalue weighted by atomic mass is 10.2. The molecule has 0 saturated heterocycles. The molecule has 3 rings (SSSR count). The van der Waals surface area contributed by atoms with Gasteiger partial charge in [-0.1, -0.05) is 24.3 Å². The first-order valence-corrected chi connectivity index (χ1v) is 7.02. The van der Waals surface area contributed by atoms with Crippen molar-refractivity contribution in [3.05, 3.63) is 59.1 Å². The molecule has 0 spiro atoms. The van der Waals surface area contributed by atoms with E-state index in [1.165, 1.54) is 10.3 Å². The van der Waals surface area contributed by atoms with E-state index in [1.807, 2.05) is 36.4 Å². The smallest absolute Gasteiger partial charge is 0.108 e. The molecule has 2 aromatic carbocycles. The molecule has 1 heterocycles. The second-order valence-corrected chi connectivity index (χ2v) is 5.54. The summed E-state index contributed by atoms with van der Waals surface area (Å²) in [6, 6.07) is 16.2. The summed E-state index contributed by atoms with van der Waals surface area (Å²) in [5.74, 6) is 0. The Labute approximate surface area is 116 Å². The van der Waals surface area contributed by atoms with Crippen molar-refractivity contribution >= 4 is 27.2 Å². The molecule has 0 bridgehead atoms. The third-order valence-electron chi connectivity index (χ3n) is 2.89. The van der Waals surface area contributed by atoms with Crippen LogP contribution >= 0.6 is 11.3 Å². The lowest BCUT2D eigenvalue weighted by molar-refractivity contribution is 0.691. The number of aromatic nitrogens is 1. The number of hydrogen-bond acceptors (Lipinski definition) is 4. The number of hydrogen-bond donors (Lipinski definition) is 2. The molecular formula is C15H15N3S. The highest BCUT2D eigenvalue weighted by Gasteiger charge is 2.02. The van der Waals surface area contributed by atoms with Gasteiger partial charge in [-0.15, -0.1) is 11.3 Å². The minimum absolute atomic E-state index is 0.786. The number of nitrogens with one attached hydrogen (secondary N) is 1. The Bertz CT molecular complexity index is 657. The molecular weight excluding hydrogens is 254 g/mol. The molecule has 0 saturated carbocycles. The average molecular weight is 269 g/mol. The van der Waals surface area contributed by atoms with E-state index in [-0.39, 0.29) is 0 Å². The van der Waals surface area contributed by atoms with Gasteiger partial charge in [-0.2, -0.15) is 0 Å². The van der Waals surface area contributed by atoms with Crippen LogP contribution in [0.15, 0.2) is 48.5 Å². The molecule has 0 unspecified atom stereocenters. The fourth-order valence-electron chi connectivity index (χ4n) is 2.01. The van der Waals surface area contributed by atoms with E-state index in [0.717, 1.165) is 29.3 Å². The summed E-state index contributed by atoms with van der Waals surface area (Å²) < 4.78 is 1.24. The molecule has 19 heavy (non-hydrogen) atoms. The Kier molecular flexibility index (Phi) is 3.44. The van der Waals surface area contributed by atoms with Crippen LogP contribution in [0.1, 0.15) is 10.6 Å². The number of anilines is 1. The standard InChI is InChI=1S/C15H15N3S/c16-12-5-3-4-11(8-12)9-17-10-15-18-13-6-1-2-7-14(13)19-15/h1-8,17H,9-10,16H2. The highest BCUT2D eigenvalue weighted by Crippen LogP contribution is 2.21. The Balaban J connectivity index is 1.63. The average Bonchev–Trinajstić information content (AvgIpc) is 2.81. The summed E-state index contributed by atoms with van der Waals surface area (Å²) in [4.78, 5) is 4.59. The zero-order valence-corrected chi connectivity index (χ0v) is 11.3. The van der Waals surface area contributed by atoms with Crippen molar-refractivity contribution in [1.82, 2.24) is 10.3 Å². The number of nitrogens with two attached hydrogens (primary N) is 1. The van der Waals surface area contributed by atoms with E-state index in [0.29, 0.717) is 0 Å². The number of rotatable bonds is 4. The molecule has 96 valence electrons. The SMILES string of the molecule is Nc1cccc(CNCc2nc3ccccc3s2)c1. The van der Waals surface area contributed by atoms with Gasteiger partial charge in [0, 0.05) is 18.8 Å². The minimum atomic E-state index is 0.786. The molecule has 3 N–H and O–H groups in total. The second-order valence-electron chi connectivity index (χ2n) is 4.42. The lowest BCUT2D eigenvalue weighted by Gasteiger charge is -2.03. The second kappa shape index (κ2) is 5.38. The Morgan fingerprint density at radius 1 is 1.05 bits per heavy atom. The molecule has 3 nitrogen and oxygen atoms in total. The Hall–Kier alpha value is -1.91. The first-order valence-electron chi connectivity index (χ1n) is 6.21. The highest BCUT2D eigenvalue weighted by atomic mass is 32.1. The van der Waals surface area contributed by atoms with Crippen LogP contribution in [-0.4, -0.2) is 4.98 Å². The fourth-order valence-corrected chi connectivity index (χ4v) is 2.95. The van der Waals surface area contributed by atoms with E-state index in [1.54, 1.807) is 11.3 Å². The first-order chi connectivity index (χ1) is 9.31. The summed E-state index contributed by atoms with van der Waals surface area (Å²) in [5.41, 5.74) is 8.83. The Morgan fingerprint density at radius 2 is 1.95 bits per heavy atom. The maximum atomic E-state index is 5.75. The third kappa shape index (κ3) is 2.92. The van der Waals surface area contributed by atoms with Gasteiger partial charge in [0.25, 0.3) is 0 Å². The van der Waals surface area contributed by atoms with Crippen molar-refractivity contribution in [3.8, 4) is 0 Å². The molecule has 1 aromatic heterocycles. The fraction of sp³-hybridized carbons (Fsp3) is 0.133. The number of thiazole rings is 1. The van der Waals surface area contributed by atoms with E-state index in [9.17, 15) is 0 Å². The Morgan fingerprint density at radius 3 is 2.79 bits per heavy atom. The monoisotopic (exact) mass is 269 g/mol. The molecule has 0 aliphatic rings. The van der Waals surface area contributed by atoms with Crippen molar-refractivity contribution in [2.45, 2.75) is 13.1 Å². The quantitative estimate of drug-likeness (QED) is 0.715. The van der Waals surface area contributed by atoms with Crippen LogP contribution < -0.4 is 11.1 Å². The van der Waals surface area contributed by atoms with Gasteiger partial charge in [0.15, 0.2) is 0 Å². The van der Waals surface area contributed by atoms with Crippen LogP contribution in [0, 0.1) is 0 Å². The summed E-state index contributed by atoms with van der Waals surface area (Å²) in [5, 5.41) is 4.51. The van der Waals surface area contributed by atoms with Crippen LogP contribution in [-0.2, 0) is 13.1 Å². The van der Waals surface area contributed by atoms with Crippen LogP contribution in [0.5, 0.6) is 0 Å². The summed E-state index contributed by atoms with van der Waals surface area (Å²) in [6.45, 7) is 1.59. The zero-order chi connectivity index (χ0) is 13.1. The van der Waals surface area contributed by atoms with Crippen molar-refractivity contribution in [2.75, 3.05) is 5.73 Å². The van der Waals surface area contributed by atoms with Gasteiger partial charge in [-0.05, 0) is 29.8 Å². The largest absolute Gasteiger partial charge is 0.399 e. The topological polar surface area (TPSA) is 50.9 Å². The van der Waals surface area contributed by atoms with Crippen molar-refractivity contribution < 1.29 is 0 Å². The maximum absolute atomic E-state index is 5.75.